The van der Waals surface area contributed by atoms with Crippen LogP contribution in [0.5, 0.6) is 0 Å². The SMILES string of the molecule is CC12CC(=O)C3(C)CC4(C)CC(C)(C1)C4(C2)C3. The van der Waals surface area contributed by atoms with E-state index in [0.717, 1.165) is 6.42 Å². The summed E-state index contributed by atoms with van der Waals surface area (Å²) < 4.78 is 0. The molecular formula is C16H24O. The maximum absolute atomic E-state index is 12.6. The van der Waals surface area contributed by atoms with E-state index in [1.165, 1.54) is 32.1 Å². The van der Waals surface area contributed by atoms with Crippen molar-refractivity contribution in [1.29, 1.82) is 0 Å². The van der Waals surface area contributed by atoms with E-state index in [0.29, 0.717) is 27.4 Å². The first-order valence-corrected chi connectivity index (χ1v) is 7.20. The predicted molar refractivity (Wildman–Crippen MR) is 67.6 cm³/mol. The monoisotopic (exact) mass is 232 g/mol. The second kappa shape index (κ2) is 2.26. The molecule has 17 heavy (non-hydrogen) atoms. The summed E-state index contributed by atoms with van der Waals surface area (Å²) >= 11 is 0. The van der Waals surface area contributed by atoms with Crippen LogP contribution in [-0.4, -0.2) is 5.78 Å². The zero-order chi connectivity index (χ0) is 12.3. The van der Waals surface area contributed by atoms with Crippen LogP contribution < -0.4 is 0 Å². The summed E-state index contributed by atoms with van der Waals surface area (Å²) in [7, 11) is 0. The molecule has 1 spiro atoms. The summed E-state index contributed by atoms with van der Waals surface area (Å²) in [6.07, 6.45) is 7.23. The number of hydrogen-bond donors (Lipinski definition) is 0. The van der Waals surface area contributed by atoms with Crippen LogP contribution in [-0.2, 0) is 4.79 Å². The molecule has 1 heteroatoms. The van der Waals surface area contributed by atoms with Crippen molar-refractivity contribution in [3.8, 4) is 0 Å². The average Bonchev–Trinajstić information content (AvgIpc) is 2.38. The van der Waals surface area contributed by atoms with Crippen LogP contribution in [0.3, 0.4) is 0 Å². The van der Waals surface area contributed by atoms with Gasteiger partial charge in [0.05, 0.1) is 0 Å². The lowest BCUT2D eigenvalue weighted by atomic mass is 9.40. The molecule has 4 aliphatic carbocycles. The summed E-state index contributed by atoms with van der Waals surface area (Å²) in [4.78, 5) is 12.6. The van der Waals surface area contributed by atoms with Gasteiger partial charge in [0, 0.05) is 11.8 Å². The van der Waals surface area contributed by atoms with Crippen LogP contribution in [0.15, 0.2) is 0 Å². The number of fused-ring (bicyclic) bond motifs is 2. The van der Waals surface area contributed by atoms with Crippen molar-refractivity contribution in [2.24, 2.45) is 27.1 Å². The highest BCUT2D eigenvalue weighted by Gasteiger charge is 2.81. The Hall–Kier alpha value is -0.330. The Kier molecular flexibility index (Phi) is 1.40. The summed E-state index contributed by atoms with van der Waals surface area (Å²) in [5.74, 6) is 0.578. The van der Waals surface area contributed by atoms with Gasteiger partial charge in [0.2, 0.25) is 0 Å². The highest BCUT2D eigenvalue weighted by atomic mass is 16.1. The van der Waals surface area contributed by atoms with Gasteiger partial charge in [0.1, 0.15) is 5.78 Å². The average molecular weight is 232 g/mol. The fourth-order valence-corrected chi connectivity index (χ4v) is 7.45. The van der Waals surface area contributed by atoms with Crippen molar-refractivity contribution < 1.29 is 4.79 Å². The predicted octanol–water partition coefficient (Wildman–Crippen LogP) is 3.96. The molecule has 0 aromatic heterocycles. The zero-order valence-corrected chi connectivity index (χ0v) is 11.7. The van der Waals surface area contributed by atoms with Crippen molar-refractivity contribution in [3.63, 3.8) is 0 Å². The number of rotatable bonds is 0. The van der Waals surface area contributed by atoms with Gasteiger partial charge in [-0.05, 0) is 53.8 Å². The first kappa shape index (κ1) is 10.6. The van der Waals surface area contributed by atoms with Gasteiger partial charge in [-0.2, -0.15) is 0 Å². The van der Waals surface area contributed by atoms with Gasteiger partial charge in [-0.15, -0.1) is 0 Å². The maximum Gasteiger partial charge on any atom is 0.139 e. The van der Waals surface area contributed by atoms with Crippen LogP contribution in [0.4, 0.5) is 0 Å². The van der Waals surface area contributed by atoms with Crippen LogP contribution in [0.25, 0.3) is 0 Å². The topological polar surface area (TPSA) is 17.1 Å². The van der Waals surface area contributed by atoms with Gasteiger partial charge in [0.15, 0.2) is 0 Å². The zero-order valence-electron chi connectivity index (χ0n) is 11.7. The van der Waals surface area contributed by atoms with E-state index in [-0.39, 0.29) is 5.41 Å². The third kappa shape index (κ3) is 0.851. The Morgan fingerprint density at radius 3 is 2.18 bits per heavy atom. The fraction of sp³-hybridized carbons (Fsp3) is 0.938. The van der Waals surface area contributed by atoms with E-state index in [9.17, 15) is 4.79 Å². The van der Waals surface area contributed by atoms with Gasteiger partial charge >= 0.3 is 0 Å². The van der Waals surface area contributed by atoms with Crippen molar-refractivity contribution in [3.05, 3.63) is 0 Å². The standard InChI is InChI=1S/C16H24O/c1-12-5-11(17)13(2)8-15(4)10-14(3,6-12)16(15,7-12)9-13/h5-10H2,1-4H3. The number of carbonyl (C=O) groups excluding carboxylic acids is 1. The smallest absolute Gasteiger partial charge is 0.139 e. The first-order valence-electron chi connectivity index (χ1n) is 7.20. The van der Waals surface area contributed by atoms with E-state index in [1.54, 1.807) is 0 Å². The van der Waals surface area contributed by atoms with Crippen molar-refractivity contribution in [1.82, 2.24) is 0 Å². The van der Waals surface area contributed by atoms with Gasteiger partial charge in [-0.25, -0.2) is 0 Å². The van der Waals surface area contributed by atoms with Gasteiger partial charge in [-0.3, -0.25) is 4.79 Å². The number of ketones is 1. The molecule has 0 aromatic rings. The normalized spacial score (nSPS) is 67.9. The molecule has 0 radical (unpaired) electrons. The van der Waals surface area contributed by atoms with Crippen LogP contribution in [0.1, 0.15) is 66.2 Å². The Morgan fingerprint density at radius 2 is 1.47 bits per heavy atom. The van der Waals surface area contributed by atoms with Gasteiger partial charge < -0.3 is 0 Å². The number of Topliss-reactive ketones (excluding diaryl/α,β-unsaturated/α-hetero) is 1. The maximum atomic E-state index is 12.6. The summed E-state index contributed by atoms with van der Waals surface area (Å²) in [5, 5.41) is 0. The minimum absolute atomic E-state index is 0.0185. The molecule has 0 heterocycles. The van der Waals surface area contributed by atoms with Crippen molar-refractivity contribution >= 4 is 5.78 Å². The summed E-state index contributed by atoms with van der Waals surface area (Å²) in [6.45, 7) is 9.64. The molecule has 4 saturated carbocycles. The second-order valence-electron chi connectivity index (χ2n) is 9.06. The molecule has 4 aliphatic rings. The first-order chi connectivity index (χ1) is 7.66. The molecule has 0 saturated heterocycles. The largest absolute Gasteiger partial charge is 0.299 e. The van der Waals surface area contributed by atoms with Crippen molar-refractivity contribution in [2.75, 3.05) is 0 Å². The molecule has 0 N–H and O–H groups in total. The number of hydrogen-bond acceptors (Lipinski definition) is 1. The molecule has 4 fully saturated rings. The molecular weight excluding hydrogens is 208 g/mol. The second-order valence-corrected chi connectivity index (χ2v) is 9.06. The van der Waals surface area contributed by atoms with E-state index in [4.69, 9.17) is 0 Å². The van der Waals surface area contributed by atoms with Gasteiger partial charge in [0.25, 0.3) is 0 Å². The molecule has 0 amide bonds. The van der Waals surface area contributed by atoms with Crippen molar-refractivity contribution in [2.45, 2.75) is 66.2 Å². The Labute approximate surface area is 104 Å². The lowest BCUT2D eigenvalue weighted by Crippen LogP contribution is -2.57. The molecule has 1 nitrogen and oxygen atoms in total. The fourth-order valence-electron chi connectivity index (χ4n) is 7.45. The minimum atomic E-state index is 0.0185. The molecule has 3 bridgehead atoms. The molecule has 5 unspecified atom stereocenters. The third-order valence-electron chi connectivity index (χ3n) is 7.37. The molecule has 4 rings (SSSR count). The van der Waals surface area contributed by atoms with Crippen LogP contribution >= 0.6 is 0 Å². The lowest BCUT2D eigenvalue weighted by molar-refractivity contribution is -0.157. The van der Waals surface area contributed by atoms with Crippen LogP contribution in [0, 0.1) is 27.1 Å². The van der Waals surface area contributed by atoms with E-state index >= 15 is 0 Å². The Morgan fingerprint density at radius 1 is 0.824 bits per heavy atom. The van der Waals surface area contributed by atoms with Gasteiger partial charge in [-0.1, -0.05) is 27.7 Å². The van der Waals surface area contributed by atoms with E-state index in [2.05, 4.69) is 27.7 Å². The van der Waals surface area contributed by atoms with E-state index in [1.807, 2.05) is 0 Å². The Balaban J connectivity index is 1.95. The molecule has 94 valence electrons. The molecule has 0 aromatic carbocycles. The minimum Gasteiger partial charge on any atom is -0.299 e. The Bertz CT molecular complexity index is 454. The highest BCUT2D eigenvalue weighted by molar-refractivity contribution is 5.87. The highest BCUT2D eigenvalue weighted by Crippen LogP contribution is 2.88. The summed E-state index contributed by atoms with van der Waals surface area (Å²) in [6, 6.07) is 0. The summed E-state index contributed by atoms with van der Waals surface area (Å²) in [5.41, 5.74) is 1.88. The third-order valence-corrected chi connectivity index (χ3v) is 7.37. The quantitative estimate of drug-likeness (QED) is 0.618. The van der Waals surface area contributed by atoms with E-state index < -0.39 is 0 Å². The van der Waals surface area contributed by atoms with Crippen LogP contribution in [0.2, 0.25) is 0 Å². The molecule has 5 atom stereocenters. The lowest BCUT2D eigenvalue weighted by Gasteiger charge is -2.64. The number of carbonyl (C=O) groups is 1. The molecule has 0 aliphatic heterocycles.